The molecule has 0 radical (unpaired) electrons. The maximum Gasteiger partial charge on any atom is 0.253 e. The van der Waals surface area contributed by atoms with Crippen LogP contribution in [0, 0.1) is 0 Å². The Hall–Kier alpha value is -1.69. The van der Waals surface area contributed by atoms with Gasteiger partial charge in [0.15, 0.2) is 0 Å². The van der Waals surface area contributed by atoms with E-state index in [1.54, 1.807) is 60.3 Å². The Labute approximate surface area is 161 Å². The van der Waals surface area contributed by atoms with Crippen molar-refractivity contribution >= 4 is 52.5 Å². The molecule has 0 saturated carbocycles. The van der Waals surface area contributed by atoms with Crippen molar-refractivity contribution < 1.29 is 9.59 Å². The molecule has 0 bridgehead atoms. The van der Waals surface area contributed by atoms with Crippen molar-refractivity contribution in [3.8, 4) is 0 Å². The first-order valence-corrected chi connectivity index (χ1v) is 9.77. The minimum Gasteiger partial charge on any atom is -0.340 e. The molecular formula is C18H18Cl2N2O2S. The fourth-order valence-corrected chi connectivity index (χ4v) is 2.97. The summed E-state index contributed by atoms with van der Waals surface area (Å²) in [5, 5.41) is 6.50. The molecule has 132 valence electrons. The molecule has 7 heteroatoms. The number of rotatable bonds is 7. The van der Waals surface area contributed by atoms with Crippen molar-refractivity contribution in [2.24, 2.45) is 0 Å². The molecule has 0 aliphatic heterocycles. The Morgan fingerprint density at radius 3 is 2.40 bits per heavy atom. The highest BCUT2D eigenvalue weighted by atomic mass is 35.5. The Morgan fingerprint density at radius 2 is 1.76 bits per heavy atom. The first-order valence-electron chi connectivity index (χ1n) is 7.62. The standard InChI is InChI=1S/C18H18Cl2N2O2S/c1-25-11-10-16(18(24)21-13-8-6-12(19)7-9-13)22-17(23)14-4-2-3-5-15(14)20/h2-9,16H,10-11H2,1H3,(H,21,24)(H,22,23). The fraction of sp³-hybridized carbons (Fsp3) is 0.222. The second-order valence-corrected chi connectivity index (χ2v) is 7.11. The third-order valence-corrected chi connectivity index (χ3v) is 4.69. The topological polar surface area (TPSA) is 58.2 Å². The molecule has 0 aliphatic rings. The van der Waals surface area contributed by atoms with Crippen LogP contribution in [0.2, 0.25) is 10.0 Å². The van der Waals surface area contributed by atoms with Crippen LogP contribution in [0.5, 0.6) is 0 Å². The lowest BCUT2D eigenvalue weighted by atomic mass is 10.1. The van der Waals surface area contributed by atoms with E-state index in [0.29, 0.717) is 27.7 Å². The summed E-state index contributed by atoms with van der Waals surface area (Å²) < 4.78 is 0. The second kappa shape index (κ2) is 9.70. The van der Waals surface area contributed by atoms with E-state index in [9.17, 15) is 9.59 Å². The van der Waals surface area contributed by atoms with Gasteiger partial charge < -0.3 is 10.6 Å². The molecule has 2 aromatic carbocycles. The number of amides is 2. The molecule has 4 nitrogen and oxygen atoms in total. The maximum absolute atomic E-state index is 12.6. The van der Waals surface area contributed by atoms with E-state index < -0.39 is 6.04 Å². The van der Waals surface area contributed by atoms with E-state index in [1.807, 2.05) is 6.26 Å². The normalized spacial score (nSPS) is 11.6. The number of nitrogens with one attached hydrogen (secondary N) is 2. The van der Waals surface area contributed by atoms with Crippen LogP contribution in [-0.4, -0.2) is 29.9 Å². The predicted octanol–water partition coefficient (Wildman–Crippen LogP) is 4.48. The van der Waals surface area contributed by atoms with Gasteiger partial charge >= 0.3 is 0 Å². The van der Waals surface area contributed by atoms with Crippen molar-refractivity contribution in [3.05, 3.63) is 64.1 Å². The van der Waals surface area contributed by atoms with Gasteiger partial charge in [-0.25, -0.2) is 0 Å². The monoisotopic (exact) mass is 396 g/mol. The Kier molecular flexibility index (Phi) is 7.62. The highest BCUT2D eigenvalue weighted by molar-refractivity contribution is 7.98. The van der Waals surface area contributed by atoms with Crippen LogP contribution in [0.3, 0.4) is 0 Å². The molecular weight excluding hydrogens is 379 g/mol. The quantitative estimate of drug-likeness (QED) is 0.724. The fourth-order valence-electron chi connectivity index (χ4n) is 2.15. The average Bonchev–Trinajstić information content (AvgIpc) is 2.60. The van der Waals surface area contributed by atoms with Crippen molar-refractivity contribution in [1.29, 1.82) is 0 Å². The number of carbonyl (C=O) groups excluding carboxylic acids is 2. The number of anilines is 1. The van der Waals surface area contributed by atoms with Gasteiger partial charge in [0.25, 0.3) is 5.91 Å². The Bertz CT molecular complexity index is 738. The SMILES string of the molecule is CSCCC(NC(=O)c1ccccc1Cl)C(=O)Nc1ccc(Cl)cc1. The van der Waals surface area contributed by atoms with Gasteiger partial charge in [-0.2, -0.15) is 11.8 Å². The number of halogens is 2. The van der Waals surface area contributed by atoms with Crippen LogP contribution < -0.4 is 10.6 Å². The van der Waals surface area contributed by atoms with Gasteiger partial charge in [0.1, 0.15) is 6.04 Å². The van der Waals surface area contributed by atoms with Gasteiger partial charge in [-0.05, 0) is 54.8 Å². The van der Waals surface area contributed by atoms with Crippen LogP contribution >= 0.6 is 35.0 Å². The molecule has 0 spiro atoms. The van der Waals surface area contributed by atoms with E-state index in [2.05, 4.69) is 10.6 Å². The van der Waals surface area contributed by atoms with Crippen molar-refractivity contribution in [3.63, 3.8) is 0 Å². The van der Waals surface area contributed by atoms with Gasteiger partial charge in [-0.15, -0.1) is 0 Å². The summed E-state index contributed by atoms with van der Waals surface area (Å²) in [7, 11) is 0. The first-order chi connectivity index (χ1) is 12.0. The van der Waals surface area contributed by atoms with E-state index in [0.717, 1.165) is 5.75 Å². The molecule has 2 rings (SSSR count). The number of hydrogen-bond acceptors (Lipinski definition) is 3. The Morgan fingerprint density at radius 1 is 1.08 bits per heavy atom. The summed E-state index contributed by atoms with van der Waals surface area (Å²) in [6.45, 7) is 0. The van der Waals surface area contributed by atoms with Gasteiger partial charge in [-0.1, -0.05) is 35.3 Å². The van der Waals surface area contributed by atoms with E-state index in [-0.39, 0.29) is 11.8 Å². The van der Waals surface area contributed by atoms with Crippen LogP contribution in [0.25, 0.3) is 0 Å². The minimum atomic E-state index is -0.660. The molecule has 2 N–H and O–H groups in total. The smallest absolute Gasteiger partial charge is 0.253 e. The van der Waals surface area contributed by atoms with Crippen LogP contribution in [0.4, 0.5) is 5.69 Å². The third-order valence-electron chi connectivity index (χ3n) is 3.46. The van der Waals surface area contributed by atoms with Gasteiger partial charge in [0.05, 0.1) is 10.6 Å². The minimum absolute atomic E-state index is 0.281. The molecule has 1 unspecified atom stereocenters. The van der Waals surface area contributed by atoms with Crippen molar-refractivity contribution in [1.82, 2.24) is 5.32 Å². The molecule has 2 aromatic rings. The second-order valence-electron chi connectivity index (χ2n) is 5.28. The van der Waals surface area contributed by atoms with Gasteiger partial charge in [0.2, 0.25) is 5.91 Å². The molecule has 2 amide bonds. The summed E-state index contributed by atoms with van der Waals surface area (Å²) >= 11 is 13.5. The van der Waals surface area contributed by atoms with Gasteiger partial charge in [0, 0.05) is 10.7 Å². The van der Waals surface area contributed by atoms with Crippen LogP contribution in [0.1, 0.15) is 16.8 Å². The highest BCUT2D eigenvalue weighted by Crippen LogP contribution is 2.16. The molecule has 0 saturated heterocycles. The van der Waals surface area contributed by atoms with Crippen molar-refractivity contribution in [2.75, 3.05) is 17.3 Å². The zero-order valence-electron chi connectivity index (χ0n) is 13.6. The summed E-state index contributed by atoms with van der Waals surface area (Å²) in [5.74, 6) is 0.0846. The zero-order valence-corrected chi connectivity index (χ0v) is 15.9. The highest BCUT2D eigenvalue weighted by Gasteiger charge is 2.22. The zero-order chi connectivity index (χ0) is 18.2. The summed E-state index contributed by atoms with van der Waals surface area (Å²) in [6, 6.07) is 12.9. The largest absolute Gasteiger partial charge is 0.340 e. The number of thioether (sulfide) groups is 1. The predicted molar refractivity (Wildman–Crippen MR) is 106 cm³/mol. The lowest BCUT2D eigenvalue weighted by Gasteiger charge is -2.18. The first kappa shape index (κ1) is 19.6. The van der Waals surface area contributed by atoms with E-state index in [4.69, 9.17) is 23.2 Å². The van der Waals surface area contributed by atoms with Gasteiger partial charge in [-0.3, -0.25) is 9.59 Å². The number of benzene rings is 2. The Balaban J connectivity index is 2.09. The van der Waals surface area contributed by atoms with Crippen LogP contribution in [0.15, 0.2) is 48.5 Å². The summed E-state index contributed by atoms with van der Waals surface area (Å²) in [4.78, 5) is 25.0. The average molecular weight is 397 g/mol. The van der Waals surface area contributed by atoms with Crippen molar-refractivity contribution in [2.45, 2.75) is 12.5 Å². The molecule has 25 heavy (non-hydrogen) atoms. The third kappa shape index (κ3) is 5.96. The molecule has 1 atom stereocenters. The lowest BCUT2D eigenvalue weighted by molar-refractivity contribution is -0.118. The molecule has 0 aromatic heterocycles. The molecule has 0 fully saturated rings. The molecule has 0 heterocycles. The molecule has 0 aliphatic carbocycles. The number of carbonyl (C=O) groups is 2. The van der Waals surface area contributed by atoms with Crippen LogP contribution in [-0.2, 0) is 4.79 Å². The number of hydrogen-bond donors (Lipinski definition) is 2. The van der Waals surface area contributed by atoms with E-state index in [1.165, 1.54) is 0 Å². The van der Waals surface area contributed by atoms with E-state index >= 15 is 0 Å². The lowest BCUT2D eigenvalue weighted by Crippen LogP contribution is -2.44. The summed E-state index contributed by atoms with van der Waals surface area (Å²) in [5.41, 5.74) is 0.966. The maximum atomic E-state index is 12.6. The summed E-state index contributed by atoms with van der Waals surface area (Å²) in [6.07, 6.45) is 2.46.